The van der Waals surface area contributed by atoms with Crippen LogP contribution in [0.4, 0.5) is 16.4 Å². The van der Waals surface area contributed by atoms with Crippen LogP contribution in [0.5, 0.6) is 0 Å². The lowest BCUT2D eigenvalue weighted by Gasteiger charge is -2.48. The summed E-state index contributed by atoms with van der Waals surface area (Å²) >= 11 is 0. The zero-order chi connectivity index (χ0) is 22.2. The van der Waals surface area contributed by atoms with Crippen molar-refractivity contribution in [3.63, 3.8) is 0 Å². The summed E-state index contributed by atoms with van der Waals surface area (Å²) in [6, 6.07) is 10.7. The Morgan fingerprint density at radius 1 is 1.00 bits per heavy atom. The van der Waals surface area contributed by atoms with Gasteiger partial charge in [0.15, 0.2) is 0 Å². The van der Waals surface area contributed by atoms with E-state index >= 15 is 0 Å². The SMILES string of the molecule is CN(C)C1(c2ccccc2)CCC2(CC1)CN(c1cnc(N3CCOCC3)nc1)C(=O)N2. The van der Waals surface area contributed by atoms with Crippen molar-refractivity contribution in [2.24, 2.45) is 0 Å². The minimum atomic E-state index is -0.200. The fraction of sp³-hybridized carbons (Fsp3) is 0.542. The van der Waals surface area contributed by atoms with Crippen molar-refractivity contribution >= 4 is 17.7 Å². The molecular weight excluding hydrogens is 404 g/mol. The minimum absolute atomic E-state index is 0.00751. The molecule has 3 heterocycles. The Morgan fingerprint density at radius 3 is 2.28 bits per heavy atom. The van der Waals surface area contributed by atoms with E-state index in [4.69, 9.17) is 4.74 Å². The van der Waals surface area contributed by atoms with Crippen molar-refractivity contribution in [1.82, 2.24) is 20.2 Å². The standard InChI is InChI=1S/C24H32N6O2/c1-28(2)24(19-6-4-3-5-7-19)10-8-23(9-11-24)18-30(22(31)27-23)20-16-25-21(26-17-20)29-12-14-32-15-13-29/h3-7,16-17H,8-15,18H2,1-2H3,(H,27,31). The lowest BCUT2D eigenvalue weighted by molar-refractivity contribution is 0.0658. The summed E-state index contributed by atoms with van der Waals surface area (Å²) < 4.78 is 5.40. The molecule has 1 aliphatic carbocycles. The molecule has 8 nitrogen and oxygen atoms in total. The quantitative estimate of drug-likeness (QED) is 0.794. The molecule has 1 aromatic heterocycles. The summed E-state index contributed by atoms with van der Waals surface area (Å²) in [4.78, 5) is 28.2. The smallest absolute Gasteiger partial charge is 0.322 e. The maximum absolute atomic E-state index is 12.9. The van der Waals surface area contributed by atoms with E-state index in [1.165, 1.54) is 5.56 Å². The summed E-state index contributed by atoms with van der Waals surface area (Å²) in [5, 5.41) is 3.31. The van der Waals surface area contributed by atoms with Gasteiger partial charge in [-0.1, -0.05) is 30.3 Å². The summed E-state index contributed by atoms with van der Waals surface area (Å²) in [6.07, 6.45) is 7.43. The molecule has 3 aliphatic rings. The van der Waals surface area contributed by atoms with Crippen LogP contribution in [0.1, 0.15) is 31.2 Å². The lowest BCUT2D eigenvalue weighted by atomic mass is 9.69. The van der Waals surface area contributed by atoms with Crippen LogP contribution in [0.2, 0.25) is 0 Å². The van der Waals surface area contributed by atoms with E-state index in [0.717, 1.165) is 44.5 Å². The molecular formula is C24H32N6O2. The van der Waals surface area contributed by atoms with Crippen molar-refractivity contribution in [2.45, 2.75) is 36.8 Å². The highest BCUT2D eigenvalue weighted by Gasteiger charge is 2.50. The summed E-state index contributed by atoms with van der Waals surface area (Å²) in [5.41, 5.74) is 1.92. The summed E-state index contributed by atoms with van der Waals surface area (Å²) in [7, 11) is 4.33. The Kier molecular flexibility index (Phi) is 5.51. The molecule has 32 heavy (non-hydrogen) atoms. The van der Waals surface area contributed by atoms with E-state index in [9.17, 15) is 4.79 Å². The lowest BCUT2D eigenvalue weighted by Crippen LogP contribution is -2.54. The van der Waals surface area contributed by atoms with E-state index in [-0.39, 0.29) is 17.1 Å². The zero-order valence-corrected chi connectivity index (χ0v) is 19.0. The highest BCUT2D eigenvalue weighted by atomic mass is 16.5. The van der Waals surface area contributed by atoms with Crippen LogP contribution >= 0.6 is 0 Å². The van der Waals surface area contributed by atoms with Gasteiger partial charge >= 0.3 is 6.03 Å². The van der Waals surface area contributed by atoms with Gasteiger partial charge in [0.25, 0.3) is 0 Å². The van der Waals surface area contributed by atoms with Crippen molar-refractivity contribution in [2.75, 3.05) is 56.7 Å². The van der Waals surface area contributed by atoms with Crippen LogP contribution in [0, 0.1) is 0 Å². The van der Waals surface area contributed by atoms with E-state index in [2.05, 4.69) is 69.5 Å². The fourth-order valence-corrected chi connectivity index (χ4v) is 5.47. The van der Waals surface area contributed by atoms with Crippen LogP contribution in [-0.2, 0) is 10.3 Å². The highest BCUT2D eigenvalue weighted by Crippen LogP contribution is 2.46. The number of carbonyl (C=O) groups excluding carboxylic acids is 1. The molecule has 2 aliphatic heterocycles. The van der Waals surface area contributed by atoms with Gasteiger partial charge in [0, 0.05) is 18.6 Å². The van der Waals surface area contributed by atoms with Crippen LogP contribution in [0.15, 0.2) is 42.7 Å². The van der Waals surface area contributed by atoms with Crippen molar-refractivity contribution < 1.29 is 9.53 Å². The predicted molar refractivity (Wildman–Crippen MR) is 124 cm³/mol. The molecule has 3 fully saturated rings. The molecule has 2 saturated heterocycles. The van der Waals surface area contributed by atoms with Crippen LogP contribution in [0.3, 0.4) is 0 Å². The second kappa shape index (κ2) is 8.33. The Morgan fingerprint density at radius 2 is 1.66 bits per heavy atom. The van der Waals surface area contributed by atoms with Crippen LogP contribution in [0.25, 0.3) is 0 Å². The highest BCUT2D eigenvalue weighted by molar-refractivity contribution is 5.95. The number of nitrogens with one attached hydrogen (secondary N) is 1. The third-order valence-electron chi connectivity index (χ3n) is 7.51. The monoisotopic (exact) mass is 436 g/mol. The molecule has 1 N–H and O–H groups in total. The maximum Gasteiger partial charge on any atom is 0.322 e. The molecule has 8 heteroatoms. The molecule has 1 aromatic carbocycles. The van der Waals surface area contributed by atoms with E-state index in [0.29, 0.717) is 25.7 Å². The largest absolute Gasteiger partial charge is 0.378 e. The summed E-state index contributed by atoms with van der Waals surface area (Å²) in [6.45, 7) is 3.63. The number of hydrogen-bond acceptors (Lipinski definition) is 6. The number of amides is 2. The van der Waals surface area contributed by atoms with Gasteiger partial charge in [-0.25, -0.2) is 14.8 Å². The first-order valence-electron chi connectivity index (χ1n) is 11.5. The maximum atomic E-state index is 12.9. The van der Waals surface area contributed by atoms with Gasteiger partial charge in [-0.15, -0.1) is 0 Å². The average Bonchev–Trinajstić information content (AvgIpc) is 3.16. The molecule has 170 valence electrons. The number of benzene rings is 1. The first-order valence-corrected chi connectivity index (χ1v) is 11.5. The van der Waals surface area contributed by atoms with Gasteiger partial charge in [0.05, 0.1) is 43.4 Å². The predicted octanol–water partition coefficient (Wildman–Crippen LogP) is 2.61. The minimum Gasteiger partial charge on any atom is -0.378 e. The van der Waals surface area contributed by atoms with Crippen molar-refractivity contribution in [1.29, 1.82) is 0 Å². The number of hydrogen-bond donors (Lipinski definition) is 1. The number of morpholine rings is 1. The van der Waals surface area contributed by atoms with Crippen LogP contribution in [-0.4, -0.2) is 73.4 Å². The zero-order valence-electron chi connectivity index (χ0n) is 19.0. The molecule has 0 unspecified atom stereocenters. The number of ether oxygens (including phenoxy) is 1. The van der Waals surface area contributed by atoms with E-state index < -0.39 is 0 Å². The average molecular weight is 437 g/mol. The number of rotatable bonds is 4. The Labute approximate surface area is 189 Å². The molecule has 5 rings (SSSR count). The van der Waals surface area contributed by atoms with Crippen LogP contribution < -0.4 is 15.1 Å². The second-order valence-electron chi connectivity index (χ2n) is 9.43. The molecule has 0 bridgehead atoms. The first kappa shape index (κ1) is 21.2. The van der Waals surface area contributed by atoms with E-state index in [1.54, 1.807) is 17.3 Å². The molecule has 2 aromatic rings. The van der Waals surface area contributed by atoms with Gasteiger partial charge in [0.2, 0.25) is 5.95 Å². The van der Waals surface area contributed by atoms with E-state index in [1.807, 2.05) is 0 Å². The Hall–Kier alpha value is -2.71. The molecule has 2 amide bonds. The Bertz CT molecular complexity index is 935. The number of nitrogens with zero attached hydrogens (tertiary/aromatic N) is 5. The Balaban J connectivity index is 1.30. The third kappa shape index (κ3) is 3.71. The van der Waals surface area contributed by atoms with Crippen molar-refractivity contribution in [3.8, 4) is 0 Å². The van der Waals surface area contributed by atoms with Gasteiger partial charge in [-0.05, 0) is 45.3 Å². The number of carbonyl (C=O) groups is 1. The molecule has 0 atom stereocenters. The summed E-state index contributed by atoms with van der Waals surface area (Å²) in [5.74, 6) is 0.697. The van der Waals surface area contributed by atoms with Gasteiger partial charge < -0.3 is 15.0 Å². The van der Waals surface area contributed by atoms with Gasteiger partial charge in [0.1, 0.15) is 0 Å². The van der Waals surface area contributed by atoms with Gasteiger partial charge in [-0.3, -0.25) is 9.80 Å². The molecule has 0 radical (unpaired) electrons. The second-order valence-corrected chi connectivity index (χ2v) is 9.43. The number of aromatic nitrogens is 2. The number of urea groups is 1. The topological polar surface area (TPSA) is 73.8 Å². The van der Waals surface area contributed by atoms with Crippen molar-refractivity contribution in [3.05, 3.63) is 48.3 Å². The normalized spacial score (nSPS) is 28.4. The number of anilines is 2. The third-order valence-corrected chi connectivity index (χ3v) is 7.51. The molecule has 1 spiro atoms. The molecule has 1 saturated carbocycles. The fourth-order valence-electron chi connectivity index (χ4n) is 5.47. The van der Waals surface area contributed by atoms with Gasteiger partial charge in [-0.2, -0.15) is 0 Å². The first-order chi connectivity index (χ1) is 15.5.